The molecule has 2 aromatic rings. The van der Waals surface area contributed by atoms with E-state index in [0.29, 0.717) is 22.0 Å². The molecule has 0 spiro atoms. The molecule has 0 aliphatic carbocycles. The third kappa shape index (κ3) is 5.19. The fraction of sp³-hybridized carbons (Fsp3) is 0.167. The summed E-state index contributed by atoms with van der Waals surface area (Å²) in [5.74, 6) is -2.59. The van der Waals surface area contributed by atoms with Crippen molar-refractivity contribution in [2.75, 3.05) is 6.61 Å². The molecule has 5 nitrogen and oxygen atoms in total. The topological polar surface area (TPSA) is 75.6 Å². The van der Waals surface area contributed by atoms with E-state index in [1.54, 1.807) is 38.1 Å². The summed E-state index contributed by atoms with van der Waals surface area (Å²) in [6, 6.07) is 14.4. The number of carboxylic acid groups (broad SMARTS) is 1. The number of carbonyl (C=O) groups is 2. The Labute approximate surface area is 190 Å². The fourth-order valence-corrected chi connectivity index (χ4v) is 3.83. The first-order valence-corrected chi connectivity index (χ1v) is 10.3. The number of halogens is 2. The van der Waals surface area contributed by atoms with Crippen molar-refractivity contribution in [3.8, 4) is 0 Å². The van der Waals surface area contributed by atoms with Gasteiger partial charge in [-0.25, -0.2) is 9.59 Å². The number of dihydropyridines is 1. The number of carboxylic acids is 1. The Bertz CT molecular complexity index is 1100. The summed E-state index contributed by atoms with van der Waals surface area (Å²) in [6.07, 6.45) is 3.57. The summed E-state index contributed by atoms with van der Waals surface area (Å²) in [4.78, 5) is 25.1. The van der Waals surface area contributed by atoms with Crippen LogP contribution < -0.4 is 5.32 Å². The predicted molar refractivity (Wildman–Crippen MR) is 122 cm³/mol. The number of allylic oxidation sites excluding steroid dienone is 2. The zero-order valence-electron chi connectivity index (χ0n) is 17.0. The van der Waals surface area contributed by atoms with Crippen LogP contribution in [0.1, 0.15) is 30.9 Å². The summed E-state index contributed by atoms with van der Waals surface area (Å²) in [7, 11) is 0. The van der Waals surface area contributed by atoms with E-state index in [9.17, 15) is 14.7 Å². The molecule has 1 heterocycles. The lowest BCUT2D eigenvalue weighted by molar-refractivity contribution is -0.138. The minimum absolute atomic E-state index is 0.0453. The Morgan fingerprint density at radius 3 is 2.35 bits per heavy atom. The number of benzene rings is 2. The van der Waals surface area contributed by atoms with Crippen LogP contribution in [-0.2, 0) is 14.3 Å². The van der Waals surface area contributed by atoms with Crippen molar-refractivity contribution >= 4 is 41.2 Å². The van der Waals surface area contributed by atoms with E-state index in [-0.39, 0.29) is 22.8 Å². The minimum Gasteiger partial charge on any atom is -0.478 e. The number of ether oxygens (including phenoxy) is 1. The first-order chi connectivity index (χ1) is 14.8. The van der Waals surface area contributed by atoms with Gasteiger partial charge in [-0.3, -0.25) is 0 Å². The molecule has 0 saturated carbocycles. The third-order valence-corrected chi connectivity index (χ3v) is 5.65. The van der Waals surface area contributed by atoms with Gasteiger partial charge in [0.15, 0.2) is 0 Å². The first kappa shape index (κ1) is 22.7. The second-order valence-electron chi connectivity index (χ2n) is 7.03. The molecule has 0 bridgehead atoms. The van der Waals surface area contributed by atoms with Gasteiger partial charge in [0, 0.05) is 11.4 Å². The summed E-state index contributed by atoms with van der Waals surface area (Å²) in [6.45, 7) is 3.41. The van der Waals surface area contributed by atoms with Crippen LogP contribution >= 0.6 is 23.2 Å². The van der Waals surface area contributed by atoms with Crippen molar-refractivity contribution in [1.29, 1.82) is 0 Å². The van der Waals surface area contributed by atoms with E-state index in [2.05, 4.69) is 5.32 Å². The normalized spacial score (nSPS) is 16.5. The standard InChI is InChI=1S/C24H21Cl2NO4/c1-14-20(23(28)29)22(17-10-11-18(25)19(26)13-17)21(15(2)27-14)24(30)31-12-6-9-16-7-4-3-5-8-16/h3-11,13,22,27H,12H2,1-2H3,(H,28,29)/b9-6+. The molecule has 1 unspecified atom stereocenters. The van der Waals surface area contributed by atoms with Crippen molar-refractivity contribution < 1.29 is 19.4 Å². The Hall–Kier alpha value is -3.02. The van der Waals surface area contributed by atoms with Crippen LogP contribution in [0.5, 0.6) is 0 Å². The van der Waals surface area contributed by atoms with Gasteiger partial charge < -0.3 is 15.2 Å². The zero-order chi connectivity index (χ0) is 22.5. The molecule has 31 heavy (non-hydrogen) atoms. The largest absolute Gasteiger partial charge is 0.478 e. The van der Waals surface area contributed by atoms with Crippen molar-refractivity contribution in [3.63, 3.8) is 0 Å². The van der Waals surface area contributed by atoms with E-state index < -0.39 is 17.9 Å². The van der Waals surface area contributed by atoms with Gasteiger partial charge in [0.2, 0.25) is 0 Å². The number of carbonyl (C=O) groups excluding carboxylic acids is 1. The number of aliphatic carboxylic acids is 1. The van der Waals surface area contributed by atoms with Crippen LogP contribution in [0.4, 0.5) is 0 Å². The molecule has 3 rings (SSSR count). The fourth-order valence-electron chi connectivity index (χ4n) is 3.52. The SMILES string of the molecule is CC1=C(C(=O)O)C(c2ccc(Cl)c(Cl)c2)C(C(=O)OC/C=C/c2ccccc2)=C(C)N1. The monoisotopic (exact) mass is 457 g/mol. The highest BCUT2D eigenvalue weighted by molar-refractivity contribution is 6.42. The molecule has 0 aromatic heterocycles. The van der Waals surface area contributed by atoms with Gasteiger partial charge >= 0.3 is 11.9 Å². The van der Waals surface area contributed by atoms with Crippen LogP contribution in [0.15, 0.2) is 77.1 Å². The molecule has 2 aromatic carbocycles. The molecule has 0 fully saturated rings. The van der Waals surface area contributed by atoms with Gasteiger partial charge in [0.1, 0.15) is 6.61 Å². The predicted octanol–water partition coefficient (Wildman–Crippen LogP) is 5.57. The third-order valence-electron chi connectivity index (χ3n) is 4.91. The van der Waals surface area contributed by atoms with Gasteiger partial charge in [-0.15, -0.1) is 0 Å². The van der Waals surface area contributed by atoms with E-state index in [4.69, 9.17) is 27.9 Å². The highest BCUT2D eigenvalue weighted by Gasteiger charge is 2.37. The van der Waals surface area contributed by atoms with Gasteiger partial charge in [-0.05, 0) is 43.2 Å². The van der Waals surface area contributed by atoms with Crippen LogP contribution in [0.2, 0.25) is 10.0 Å². The molecule has 2 N–H and O–H groups in total. The van der Waals surface area contributed by atoms with Gasteiger partial charge in [0.05, 0.1) is 27.1 Å². The minimum atomic E-state index is -1.14. The van der Waals surface area contributed by atoms with Crippen LogP contribution in [0.25, 0.3) is 6.08 Å². The maximum atomic E-state index is 13.0. The molecule has 160 valence electrons. The average molecular weight is 458 g/mol. The maximum Gasteiger partial charge on any atom is 0.337 e. The maximum absolute atomic E-state index is 13.0. The lowest BCUT2D eigenvalue weighted by atomic mass is 9.80. The summed E-state index contributed by atoms with van der Waals surface area (Å²) >= 11 is 12.2. The van der Waals surface area contributed by atoms with Gasteiger partial charge in [0.25, 0.3) is 0 Å². The second-order valence-corrected chi connectivity index (χ2v) is 7.84. The molecule has 0 amide bonds. The van der Waals surface area contributed by atoms with Crippen LogP contribution in [-0.4, -0.2) is 23.7 Å². The van der Waals surface area contributed by atoms with E-state index in [0.717, 1.165) is 5.56 Å². The first-order valence-electron chi connectivity index (χ1n) is 9.55. The van der Waals surface area contributed by atoms with Crippen molar-refractivity contribution in [1.82, 2.24) is 5.32 Å². The quantitative estimate of drug-likeness (QED) is 0.554. The average Bonchev–Trinajstić information content (AvgIpc) is 2.73. The van der Waals surface area contributed by atoms with Crippen molar-refractivity contribution in [3.05, 3.63) is 98.3 Å². The van der Waals surface area contributed by atoms with Gasteiger partial charge in [-0.2, -0.15) is 0 Å². The molecular weight excluding hydrogens is 437 g/mol. The number of esters is 1. The zero-order valence-corrected chi connectivity index (χ0v) is 18.5. The highest BCUT2D eigenvalue weighted by atomic mass is 35.5. The van der Waals surface area contributed by atoms with Crippen molar-refractivity contribution in [2.24, 2.45) is 0 Å². The van der Waals surface area contributed by atoms with Crippen LogP contribution in [0.3, 0.4) is 0 Å². The molecule has 1 aliphatic rings. The number of rotatable bonds is 6. The molecule has 0 saturated heterocycles. The lowest BCUT2D eigenvalue weighted by Gasteiger charge is -2.29. The molecule has 0 radical (unpaired) electrons. The molecule has 1 aliphatic heterocycles. The second kappa shape index (κ2) is 9.86. The van der Waals surface area contributed by atoms with E-state index in [1.807, 2.05) is 36.4 Å². The molecule has 7 heteroatoms. The Morgan fingerprint density at radius 2 is 1.71 bits per heavy atom. The Morgan fingerprint density at radius 1 is 1.03 bits per heavy atom. The smallest absolute Gasteiger partial charge is 0.337 e. The number of hydrogen-bond acceptors (Lipinski definition) is 4. The molecule has 1 atom stereocenters. The Kier molecular flexibility index (Phi) is 7.21. The lowest BCUT2D eigenvalue weighted by Crippen LogP contribution is -2.31. The van der Waals surface area contributed by atoms with Crippen LogP contribution in [0, 0.1) is 0 Å². The number of hydrogen-bond donors (Lipinski definition) is 2. The van der Waals surface area contributed by atoms with E-state index in [1.165, 1.54) is 0 Å². The number of nitrogens with one attached hydrogen (secondary N) is 1. The van der Waals surface area contributed by atoms with Crippen molar-refractivity contribution in [2.45, 2.75) is 19.8 Å². The Balaban J connectivity index is 1.90. The summed E-state index contributed by atoms with van der Waals surface area (Å²) in [5.41, 5.74) is 2.76. The van der Waals surface area contributed by atoms with Gasteiger partial charge in [-0.1, -0.05) is 65.7 Å². The highest BCUT2D eigenvalue weighted by Crippen LogP contribution is 2.40. The summed E-state index contributed by atoms with van der Waals surface area (Å²) < 4.78 is 5.44. The molecular formula is C24H21Cl2NO4. The summed E-state index contributed by atoms with van der Waals surface area (Å²) in [5, 5.41) is 13.4. The van der Waals surface area contributed by atoms with E-state index >= 15 is 0 Å².